The molecule has 1 aromatic heterocycles. The van der Waals surface area contributed by atoms with Crippen LogP contribution >= 0.6 is 28.1 Å². The minimum absolute atomic E-state index is 0.0289. The Kier molecular flexibility index (Phi) is 3.49. The lowest BCUT2D eigenvalue weighted by Crippen LogP contribution is -2.24. The monoisotopic (exact) mass is 312 g/mol. The van der Waals surface area contributed by atoms with Crippen LogP contribution in [0.25, 0.3) is 10.9 Å². The van der Waals surface area contributed by atoms with E-state index in [2.05, 4.69) is 34.8 Å². The maximum atomic E-state index is 12.3. The van der Waals surface area contributed by atoms with Crippen LogP contribution in [0.2, 0.25) is 0 Å². The summed E-state index contributed by atoms with van der Waals surface area (Å²) in [7, 11) is 0. The van der Waals surface area contributed by atoms with Gasteiger partial charge in [-0.15, -0.1) is 0 Å². The predicted octanol–water partition coefficient (Wildman–Crippen LogP) is 3.48. The van der Waals surface area contributed by atoms with E-state index < -0.39 is 0 Å². The number of halogens is 1. The summed E-state index contributed by atoms with van der Waals surface area (Å²) in [6.45, 7) is 4.76. The van der Waals surface area contributed by atoms with E-state index >= 15 is 0 Å². The normalized spacial score (nSPS) is 11.3. The number of rotatable bonds is 2. The third-order valence-corrected chi connectivity index (χ3v) is 3.31. The van der Waals surface area contributed by atoms with Crippen LogP contribution in [0.15, 0.2) is 27.5 Å². The minimum atomic E-state index is -0.0289. The summed E-state index contributed by atoms with van der Waals surface area (Å²) in [4.78, 5) is 15.4. The van der Waals surface area contributed by atoms with Crippen LogP contribution in [-0.4, -0.2) is 9.55 Å². The zero-order chi connectivity index (χ0) is 12.6. The highest BCUT2D eigenvalue weighted by atomic mass is 79.9. The first-order valence-electron chi connectivity index (χ1n) is 5.41. The van der Waals surface area contributed by atoms with E-state index in [-0.39, 0.29) is 5.56 Å². The van der Waals surface area contributed by atoms with E-state index in [1.165, 1.54) is 0 Å². The van der Waals surface area contributed by atoms with Crippen molar-refractivity contribution in [2.24, 2.45) is 5.92 Å². The van der Waals surface area contributed by atoms with E-state index in [1.54, 1.807) is 4.57 Å². The number of nitrogens with one attached hydrogen (secondary N) is 1. The molecule has 2 aromatic rings. The lowest BCUT2D eigenvalue weighted by atomic mass is 10.2. The number of hydrogen-bond acceptors (Lipinski definition) is 2. The van der Waals surface area contributed by atoms with Gasteiger partial charge in [-0.1, -0.05) is 29.8 Å². The number of H-pyrrole nitrogens is 1. The van der Waals surface area contributed by atoms with Crippen molar-refractivity contribution < 1.29 is 0 Å². The molecule has 0 radical (unpaired) electrons. The fourth-order valence-electron chi connectivity index (χ4n) is 1.75. The Morgan fingerprint density at radius 2 is 2.18 bits per heavy atom. The van der Waals surface area contributed by atoms with E-state index in [0.29, 0.717) is 22.6 Å². The molecule has 0 aliphatic heterocycles. The zero-order valence-corrected chi connectivity index (χ0v) is 12.1. The molecule has 90 valence electrons. The van der Waals surface area contributed by atoms with Gasteiger partial charge in [-0.05, 0) is 36.3 Å². The first-order chi connectivity index (χ1) is 7.99. The Morgan fingerprint density at radius 3 is 2.82 bits per heavy atom. The highest BCUT2D eigenvalue weighted by molar-refractivity contribution is 9.10. The Labute approximate surface area is 113 Å². The Hall–Kier alpha value is -0.940. The van der Waals surface area contributed by atoms with E-state index in [9.17, 15) is 4.79 Å². The number of benzene rings is 1. The van der Waals surface area contributed by atoms with Crippen molar-refractivity contribution in [3.8, 4) is 0 Å². The van der Waals surface area contributed by atoms with Gasteiger partial charge in [0.2, 0.25) is 0 Å². The molecule has 0 unspecified atom stereocenters. The van der Waals surface area contributed by atoms with Crippen molar-refractivity contribution in [3.05, 3.63) is 37.8 Å². The van der Waals surface area contributed by atoms with Gasteiger partial charge in [0.15, 0.2) is 4.77 Å². The second-order valence-electron chi connectivity index (χ2n) is 4.43. The van der Waals surface area contributed by atoms with Crippen molar-refractivity contribution in [1.82, 2.24) is 9.55 Å². The summed E-state index contributed by atoms with van der Waals surface area (Å²) in [6.07, 6.45) is 0. The minimum Gasteiger partial charge on any atom is -0.332 e. The van der Waals surface area contributed by atoms with Gasteiger partial charge >= 0.3 is 0 Å². The largest absolute Gasteiger partial charge is 0.332 e. The maximum Gasteiger partial charge on any atom is 0.262 e. The molecule has 1 heterocycles. The highest BCUT2D eigenvalue weighted by Crippen LogP contribution is 2.15. The maximum absolute atomic E-state index is 12.3. The van der Waals surface area contributed by atoms with Gasteiger partial charge < -0.3 is 4.98 Å². The summed E-state index contributed by atoms with van der Waals surface area (Å²) in [5, 5.41) is 0.661. The molecule has 0 amide bonds. The van der Waals surface area contributed by atoms with Crippen LogP contribution in [0.3, 0.4) is 0 Å². The highest BCUT2D eigenvalue weighted by Gasteiger charge is 2.07. The zero-order valence-electron chi connectivity index (χ0n) is 9.66. The Morgan fingerprint density at radius 1 is 1.47 bits per heavy atom. The fraction of sp³-hybridized carbons (Fsp3) is 0.333. The van der Waals surface area contributed by atoms with Gasteiger partial charge in [-0.2, -0.15) is 0 Å². The Balaban J connectivity index is 2.78. The van der Waals surface area contributed by atoms with Gasteiger partial charge in [0, 0.05) is 11.0 Å². The van der Waals surface area contributed by atoms with E-state index in [0.717, 1.165) is 9.99 Å². The van der Waals surface area contributed by atoms with Crippen LogP contribution in [-0.2, 0) is 6.54 Å². The topological polar surface area (TPSA) is 37.8 Å². The molecule has 3 nitrogen and oxygen atoms in total. The Bertz CT molecular complexity index is 672. The smallest absolute Gasteiger partial charge is 0.262 e. The van der Waals surface area contributed by atoms with E-state index in [4.69, 9.17) is 12.2 Å². The molecule has 1 aromatic carbocycles. The molecule has 0 atom stereocenters. The van der Waals surface area contributed by atoms with Crippen molar-refractivity contribution in [2.45, 2.75) is 20.4 Å². The van der Waals surface area contributed by atoms with Crippen molar-refractivity contribution in [1.29, 1.82) is 0 Å². The van der Waals surface area contributed by atoms with Crippen molar-refractivity contribution in [2.75, 3.05) is 0 Å². The van der Waals surface area contributed by atoms with Crippen molar-refractivity contribution in [3.63, 3.8) is 0 Å². The standard InChI is InChI=1S/C12H13BrN2OS/c1-7(2)6-15-11(16)9-5-8(13)3-4-10(9)14-12(15)17/h3-5,7H,6H2,1-2H3,(H,14,17). The fourth-order valence-corrected chi connectivity index (χ4v) is 2.38. The molecular weight excluding hydrogens is 300 g/mol. The first-order valence-corrected chi connectivity index (χ1v) is 6.61. The predicted molar refractivity (Wildman–Crippen MR) is 75.9 cm³/mol. The molecule has 0 fully saturated rings. The van der Waals surface area contributed by atoms with E-state index in [1.807, 2.05) is 18.2 Å². The number of nitrogens with zero attached hydrogens (tertiary/aromatic N) is 1. The first kappa shape index (κ1) is 12.5. The third-order valence-electron chi connectivity index (χ3n) is 2.49. The summed E-state index contributed by atoms with van der Waals surface area (Å²) in [5.41, 5.74) is 0.752. The molecule has 17 heavy (non-hydrogen) atoms. The second kappa shape index (κ2) is 4.74. The molecule has 2 rings (SSSR count). The quantitative estimate of drug-likeness (QED) is 0.862. The van der Waals surface area contributed by atoms with Gasteiger partial charge in [0.25, 0.3) is 5.56 Å². The van der Waals surface area contributed by atoms with Gasteiger partial charge in [-0.25, -0.2) is 0 Å². The number of hydrogen-bond donors (Lipinski definition) is 1. The average molecular weight is 313 g/mol. The summed E-state index contributed by atoms with van der Waals surface area (Å²) >= 11 is 8.59. The van der Waals surface area contributed by atoms with Crippen LogP contribution < -0.4 is 5.56 Å². The van der Waals surface area contributed by atoms with Crippen LogP contribution in [0.5, 0.6) is 0 Å². The molecule has 0 spiro atoms. The summed E-state index contributed by atoms with van der Waals surface area (Å²) in [6, 6.07) is 5.57. The average Bonchev–Trinajstić information content (AvgIpc) is 2.25. The SMILES string of the molecule is CC(C)Cn1c(=S)[nH]c2ccc(Br)cc2c1=O. The number of fused-ring (bicyclic) bond motifs is 1. The van der Waals surface area contributed by atoms with Crippen LogP contribution in [0.1, 0.15) is 13.8 Å². The van der Waals surface area contributed by atoms with Crippen LogP contribution in [0, 0.1) is 10.7 Å². The summed E-state index contributed by atoms with van der Waals surface area (Å²) in [5.74, 6) is 0.382. The lowest BCUT2D eigenvalue weighted by Gasteiger charge is -2.10. The van der Waals surface area contributed by atoms with Gasteiger partial charge in [0.1, 0.15) is 0 Å². The molecule has 0 aliphatic carbocycles. The lowest BCUT2D eigenvalue weighted by molar-refractivity contribution is 0.503. The molecule has 0 aliphatic rings. The molecule has 0 saturated carbocycles. The van der Waals surface area contributed by atoms with Gasteiger partial charge in [0.05, 0.1) is 10.9 Å². The van der Waals surface area contributed by atoms with Crippen molar-refractivity contribution >= 4 is 39.1 Å². The van der Waals surface area contributed by atoms with Crippen LogP contribution in [0.4, 0.5) is 0 Å². The van der Waals surface area contributed by atoms with Gasteiger partial charge in [-0.3, -0.25) is 9.36 Å². The summed E-state index contributed by atoms with van der Waals surface area (Å²) < 4.78 is 3.00. The number of aromatic amines is 1. The molecule has 0 saturated heterocycles. The second-order valence-corrected chi connectivity index (χ2v) is 5.73. The number of aromatic nitrogens is 2. The molecule has 5 heteroatoms. The molecule has 1 N–H and O–H groups in total. The molecular formula is C12H13BrN2OS. The third kappa shape index (κ3) is 2.50. The molecule has 0 bridgehead atoms.